The summed E-state index contributed by atoms with van der Waals surface area (Å²) in [5.74, 6) is 1.08. The molecule has 0 aliphatic heterocycles. The number of aromatic nitrogens is 2. The zero-order valence-electron chi connectivity index (χ0n) is 14.9. The average Bonchev–Trinajstić information content (AvgIpc) is 2.99. The molecular formula is C20H21N3O3. The lowest BCUT2D eigenvalue weighted by Crippen LogP contribution is -2.26. The van der Waals surface area contributed by atoms with Gasteiger partial charge in [0.2, 0.25) is 0 Å². The molecule has 0 spiro atoms. The van der Waals surface area contributed by atoms with Crippen molar-refractivity contribution in [2.24, 2.45) is 0 Å². The second-order valence-electron chi connectivity index (χ2n) is 5.91. The number of benzene rings is 1. The van der Waals surface area contributed by atoms with Crippen LogP contribution in [0.5, 0.6) is 5.75 Å². The molecule has 134 valence electrons. The molecule has 0 aliphatic carbocycles. The first-order valence-electron chi connectivity index (χ1n) is 8.47. The quantitative estimate of drug-likeness (QED) is 0.707. The number of pyridine rings is 1. The molecule has 0 saturated carbocycles. The molecule has 0 radical (unpaired) electrons. The average molecular weight is 351 g/mol. The number of nitrogens with zero attached hydrogens (tertiary/aromatic N) is 2. The van der Waals surface area contributed by atoms with Gasteiger partial charge in [-0.1, -0.05) is 23.4 Å². The number of para-hydroxylation sites is 1. The van der Waals surface area contributed by atoms with Crippen LogP contribution in [0.4, 0.5) is 0 Å². The molecule has 3 aromatic rings. The molecule has 6 nitrogen and oxygen atoms in total. The second kappa shape index (κ2) is 8.29. The van der Waals surface area contributed by atoms with Crippen LogP contribution < -0.4 is 10.1 Å². The van der Waals surface area contributed by atoms with Crippen molar-refractivity contribution in [3.8, 4) is 5.75 Å². The Bertz CT molecular complexity index is 856. The van der Waals surface area contributed by atoms with E-state index in [4.69, 9.17) is 9.26 Å². The Hall–Kier alpha value is -3.15. The molecule has 1 N–H and O–H groups in total. The highest BCUT2D eigenvalue weighted by Gasteiger charge is 2.14. The zero-order chi connectivity index (χ0) is 18.4. The van der Waals surface area contributed by atoms with Gasteiger partial charge in [-0.2, -0.15) is 0 Å². The molecule has 3 rings (SSSR count). The fraction of sp³-hybridized carbons (Fsp3) is 0.250. The maximum Gasteiger partial charge on any atom is 0.255 e. The lowest BCUT2D eigenvalue weighted by Gasteiger charge is -2.11. The smallest absolute Gasteiger partial charge is 0.255 e. The van der Waals surface area contributed by atoms with Crippen LogP contribution in [0, 0.1) is 13.8 Å². The molecule has 0 saturated heterocycles. The van der Waals surface area contributed by atoms with Crippen LogP contribution in [-0.2, 0) is 13.0 Å². The number of carbonyl (C=O) groups excluding carboxylic acids is 1. The van der Waals surface area contributed by atoms with Gasteiger partial charge in [0.05, 0.1) is 16.8 Å². The third kappa shape index (κ3) is 4.27. The molecule has 1 amide bonds. The number of amides is 1. The minimum atomic E-state index is -0.171. The Morgan fingerprint density at radius 1 is 1.15 bits per heavy atom. The Morgan fingerprint density at radius 2 is 1.96 bits per heavy atom. The summed E-state index contributed by atoms with van der Waals surface area (Å²) in [5, 5.41) is 6.83. The van der Waals surface area contributed by atoms with Crippen molar-refractivity contribution in [2.45, 2.75) is 26.9 Å². The van der Waals surface area contributed by atoms with Crippen LogP contribution in [0.25, 0.3) is 0 Å². The van der Waals surface area contributed by atoms with Crippen molar-refractivity contribution in [1.82, 2.24) is 15.5 Å². The molecular weight excluding hydrogens is 330 g/mol. The lowest BCUT2D eigenvalue weighted by atomic mass is 10.1. The summed E-state index contributed by atoms with van der Waals surface area (Å²) in [6.07, 6.45) is 2.42. The summed E-state index contributed by atoms with van der Waals surface area (Å²) in [6, 6.07) is 12.9. The van der Waals surface area contributed by atoms with Gasteiger partial charge < -0.3 is 14.6 Å². The summed E-state index contributed by atoms with van der Waals surface area (Å²) >= 11 is 0. The molecule has 6 heteroatoms. The predicted molar refractivity (Wildman–Crippen MR) is 97.0 cm³/mol. The summed E-state index contributed by atoms with van der Waals surface area (Å²) in [4.78, 5) is 16.8. The molecule has 0 aliphatic rings. The molecule has 0 fully saturated rings. The molecule has 2 aromatic heterocycles. The highest BCUT2D eigenvalue weighted by Crippen LogP contribution is 2.21. The Labute approximate surface area is 152 Å². The van der Waals surface area contributed by atoms with Gasteiger partial charge in [-0.3, -0.25) is 9.78 Å². The third-order valence-electron chi connectivity index (χ3n) is 4.08. The van der Waals surface area contributed by atoms with E-state index in [0.29, 0.717) is 30.9 Å². The van der Waals surface area contributed by atoms with E-state index in [1.54, 1.807) is 18.3 Å². The van der Waals surface area contributed by atoms with E-state index in [2.05, 4.69) is 15.5 Å². The van der Waals surface area contributed by atoms with Gasteiger partial charge in [0.1, 0.15) is 18.1 Å². The molecule has 2 heterocycles. The molecule has 0 bridgehead atoms. The first kappa shape index (κ1) is 17.7. The maximum atomic E-state index is 12.5. The van der Waals surface area contributed by atoms with Crippen LogP contribution in [0.15, 0.2) is 53.2 Å². The first-order chi connectivity index (χ1) is 12.6. The van der Waals surface area contributed by atoms with E-state index in [1.807, 2.05) is 44.2 Å². The van der Waals surface area contributed by atoms with E-state index < -0.39 is 0 Å². The highest BCUT2D eigenvalue weighted by molar-refractivity contribution is 5.96. The summed E-state index contributed by atoms with van der Waals surface area (Å²) in [6.45, 7) is 4.52. The van der Waals surface area contributed by atoms with Gasteiger partial charge >= 0.3 is 0 Å². The molecule has 0 atom stereocenters. The van der Waals surface area contributed by atoms with Crippen LogP contribution >= 0.6 is 0 Å². The van der Waals surface area contributed by atoms with Crippen molar-refractivity contribution in [3.05, 3.63) is 76.9 Å². The number of hydrogen-bond donors (Lipinski definition) is 1. The largest absolute Gasteiger partial charge is 0.488 e. The number of aryl methyl sites for hydroxylation is 2. The lowest BCUT2D eigenvalue weighted by molar-refractivity contribution is 0.0949. The van der Waals surface area contributed by atoms with E-state index in [9.17, 15) is 4.79 Å². The SMILES string of the molecule is Cc1noc(C)c1COc1ccccc1C(=O)NCCc1ccccn1. The van der Waals surface area contributed by atoms with Crippen LogP contribution in [0.2, 0.25) is 0 Å². The predicted octanol–water partition coefficient (Wildman–Crippen LogP) is 3.24. The number of hydrogen-bond acceptors (Lipinski definition) is 5. The normalized spacial score (nSPS) is 10.5. The standard InChI is InChI=1S/C20H21N3O3/c1-14-18(15(2)26-23-14)13-25-19-9-4-3-8-17(19)20(24)22-12-10-16-7-5-6-11-21-16/h3-9,11H,10,12-13H2,1-2H3,(H,22,24). The van der Waals surface area contributed by atoms with Gasteiger partial charge in [-0.05, 0) is 38.1 Å². The van der Waals surface area contributed by atoms with Gasteiger partial charge in [0, 0.05) is 24.9 Å². The minimum absolute atomic E-state index is 0.171. The fourth-order valence-corrected chi connectivity index (χ4v) is 2.58. The van der Waals surface area contributed by atoms with E-state index in [0.717, 1.165) is 22.7 Å². The minimum Gasteiger partial charge on any atom is -0.488 e. The van der Waals surface area contributed by atoms with Crippen LogP contribution in [0.1, 0.15) is 33.1 Å². The Morgan fingerprint density at radius 3 is 2.69 bits per heavy atom. The first-order valence-corrected chi connectivity index (χ1v) is 8.47. The van der Waals surface area contributed by atoms with E-state index >= 15 is 0 Å². The molecule has 1 aromatic carbocycles. The number of carbonyl (C=O) groups is 1. The summed E-state index contributed by atoms with van der Waals surface area (Å²) in [7, 11) is 0. The number of rotatable bonds is 7. The maximum absolute atomic E-state index is 12.5. The fourth-order valence-electron chi connectivity index (χ4n) is 2.58. The topological polar surface area (TPSA) is 77.2 Å². The van der Waals surface area contributed by atoms with Gasteiger partial charge in [0.25, 0.3) is 5.91 Å². The van der Waals surface area contributed by atoms with Gasteiger partial charge in [-0.15, -0.1) is 0 Å². The summed E-state index contributed by atoms with van der Waals surface area (Å²) < 4.78 is 11.0. The van der Waals surface area contributed by atoms with Gasteiger partial charge in [0.15, 0.2) is 0 Å². The molecule has 0 unspecified atom stereocenters. The van der Waals surface area contributed by atoms with Crippen LogP contribution in [0.3, 0.4) is 0 Å². The number of nitrogens with one attached hydrogen (secondary N) is 1. The van der Waals surface area contributed by atoms with Crippen molar-refractivity contribution in [3.63, 3.8) is 0 Å². The van der Waals surface area contributed by atoms with E-state index in [1.165, 1.54) is 0 Å². The molecule has 26 heavy (non-hydrogen) atoms. The monoisotopic (exact) mass is 351 g/mol. The van der Waals surface area contributed by atoms with Crippen LogP contribution in [-0.4, -0.2) is 22.6 Å². The summed E-state index contributed by atoms with van der Waals surface area (Å²) in [5.41, 5.74) is 3.13. The van der Waals surface area contributed by atoms with Crippen molar-refractivity contribution >= 4 is 5.91 Å². The third-order valence-corrected chi connectivity index (χ3v) is 4.08. The van der Waals surface area contributed by atoms with Gasteiger partial charge in [-0.25, -0.2) is 0 Å². The second-order valence-corrected chi connectivity index (χ2v) is 5.91. The van der Waals surface area contributed by atoms with Crippen molar-refractivity contribution < 1.29 is 14.1 Å². The van der Waals surface area contributed by atoms with Crippen molar-refractivity contribution in [1.29, 1.82) is 0 Å². The Kier molecular flexibility index (Phi) is 5.63. The Balaban J connectivity index is 1.61. The zero-order valence-corrected chi connectivity index (χ0v) is 14.9. The number of ether oxygens (including phenoxy) is 1. The highest BCUT2D eigenvalue weighted by atomic mass is 16.5. The van der Waals surface area contributed by atoms with Crippen molar-refractivity contribution in [2.75, 3.05) is 6.54 Å². The van der Waals surface area contributed by atoms with E-state index in [-0.39, 0.29) is 5.91 Å².